The van der Waals surface area contributed by atoms with Crippen molar-refractivity contribution in [1.82, 2.24) is 15.3 Å². The van der Waals surface area contributed by atoms with Crippen LogP contribution in [0.3, 0.4) is 0 Å². The molecule has 0 fully saturated rings. The van der Waals surface area contributed by atoms with E-state index in [1.54, 1.807) is 30.8 Å². The van der Waals surface area contributed by atoms with Crippen molar-refractivity contribution in [2.45, 2.75) is 19.3 Å². The van der Waals surface area contributed by atoms with E-state index in [0.717, 1.165) is 34.0 Å². The van der Waals surface area contributed by atoms with Gasteiger partial charge in [-0.25, -0.2) is 4.98 Å². The van der Waals surface area contributed by atoms with Crippen molar-refractivity contribution in [1.29, 1.82) is 0 Å². The summed E-state index contributed by atoms with van der Waals surface area (Å²) in [6, 6.07) is 11.7. The highest BCUT2D eigenvalue weighted by molar-refractivity contribution is 7.13. The molecule has 0 aliphatic heterocycles. The predicted molar refractivity (Wildman–Crippen MR) is 103 cm³/mol. The van der Waals surface area contributed by atoms with Crippen molar-refractivity contribution >= 4 is 17.2 Å². The maximum Gasteiger partial charge on any atom is 0.220 e. The summed E-state index contributed by atoms with van der Waals surface area (Å²) >= 11 is 1.58. The quantitative estimate of drug-likeness (QED) is 0.662. The number of ether oxygens (including phenoxy) is 1. The summed E-state index contributed by atoms with van der Waals surface area (Å²) in [7, 11) is 1.66. The van der Waals surface area contributed by atoms with Gasteiger partial charge in [-0.1, -0.05) is 18.2 Å². The normalized spacial score (nSPS) is 10.5. The molecule has 3 aromatic rings. The first-order valence-electron chi connectivity index (χ1n) is 8.49. The molecular weight excluding hydrogens is 346 g/mol. The molecule has 26 heavy (non-hydrogen) atoms. The first kappa shape index (κ1) is 18.1. The van der Waals surface area contributed by atoms with Crippen LogP contribution in [-0.2, 0) is 17.6 Å². The van der Waals surface area contributed by atoms with Crippen molar-refractivity contribution < 1.29 is 9.53 Å². The van der Waals surface area contributed by atoms with Crippen LogP contribution in [0.1, 0.15) is 17.7 Å². The summed E-state index contributed by atoms with van der Waals surface area (Å²) in [4.78, 5) is 20.8. The van der Waals surface area contributed by atoms with Crippen LogP contribution in [0, 0.1) is 0 Å². The van der Waals surface area contributed by atoms with Gasteiger partial charge in [0.25, 0.3) is 0 Å². The van der Waals surface area contributed by atoms with Gasteiger partial charge in [-0.05, 0) is 36.6 Å². The number of methoxy groups -OCH3 is 1. The average Bonchev–Trinajstić information content (AvgIpc) is 3.16. The number of hydrogen-bond acceptors (Lipinski definition) is 5. The lowest BCUT2D eigenvalue weighted by atomic mass is 10.1. The van der Waals surface area contributed by atoms with Crippen molar-refractivity contribution in [3.8, 4) is 16.3 Å². The minimum atomic E-state index is 0.0378. The number of carbonyl (C=O) groups excluding carboxylic acids is 1. The van der Waals surface area contributed by atoms with Gasteiger partial charge in [-0.3, -0.25) is 9.78 Å². The Hall–Kier alpha value is -2.73. The molecule has 0 atom stereocenters. The standard InChI is InChI=1S/C20H21N3O2S/c1-25-18-7-3-2-5-15(18)10-12-22-19(24)9-8-17-14-26-20(23-17)16-6-4-11-21-13-16/h2-7,11,13-14H,8-10,12H2,1H3,(H,22,24). The molecule has 2 heterocycles. The summed E-state index contributed by atoms with van der Waals surface area (Å²) in [5.74, 6) is 0.892. The smallest absolute Gasteiger partial charge is 0.220 e. The highest BCUT2D eigenvalue weighted by atomic mass is 32.1. The number of pyridine rings is 1. The van der Waals surface area contributed by atoms with Gasteiger partial charge in [0.15, 0.2) is 0 Å². The van der Waals surface area contributed by atoms with Crippen molar-refractivity contribution in [3.05, 3.63) is 65.4 Å². The Labute approximate surface area is 157 Å². The molecular formula is C20H21N3O2S. The molecule has 0 saturated carbocycles. The highest BCUT2D eigenvalue weighted by Gasteiger charge is 2.08. The van der Waals surface area contributed by atoms with Gasteiger partial charge in [-0.15, -0.1) is 11.3 Å². The molecule has 1 amide bonds. The fraction of sp³-hybridized carbons (Fsp3) is 0.250. The summed E-state index contributed by atoms with van der Waals surface area (Å²) < 4.78 is 5.32. The summed E-state index contributed by atoms with van der Waals surface area (Å²) in [5.41, 5.74) is 3.04. The van der Waals surface area contributed by atoms with Crippen LogP contribution in [0.2, 0.25) is 0 Å². The molecule has 6 heteroatoms. The van der Waals surface area contributed by atoms with Crippen LogP contribution in [0.4, 0.5) is 0 Å². The first-order chi connectivity index (χ1) is 12.8. The number of thiazole rings is 1. The van der Waals surface area contributed by atoms with E-state index in [1.807, 2.05) is 41.8 Å². The van der Waals surface area contributed by atoms with Crippen molar-refractivity contribution in [3.63, 3.8) is 0 Å². The highest BCUT2D eigenvalue weighted by Crippen LogP contribution is 2.23. The lowest BCUT2D eigenvalue weighted by molar-refractivity contribution is -0.121. The number of aryl methyl sites for hydroxylation is 1. The second kappa shape index (κ2) is 9.10. The molecule has 2 aromatic heterocycles. The van der Waals surface area contributed by atoms with Crippen LogP contribution in [0.5, 0.6) is 5.75 Å². The Bertz CT molecular complexity index is 849. The van der Waals surface area contributed by atoms with E-state index in [0.29, 0.717) is 19.4 Å². The minimum Gasteiger partial charge on any atom is -0.496 e. The van der Waals surface area contributed by atoms with Crippen molar-refractivity contribution in [2.75, 3.05) is 13.7 Å². The monoisotopic (exact) mass is 367 g/mol. The molecule has 0 unspecified atom stereocenters. The molecule has 0 bridgehead atoms. The van der Waals surface area contributed by atoms with Gasteiger partial charge in [0.1, 0.15) is 10.8 Å². The fourth-order valence-electron chi connectivity index (χ4n) is 2.62. The molecule has 0 spiro atoms. The lowest BCUT2D eigenvalue weighted by Gasteiger charge is -2.09. The van der Waals surface area contributed by atoms with Gasteiger partial charge >= 0.3 is 0 Å². The number of benzene rings is 1. The van der Waals surface area contributed by atoms with E-state index >= 15 is 0 Å². The third kappa shape index (κ3) is 4.89. The molecule has 0 aliphatic rings. The van der Waals surface area contributed by atoms with E-state index in [4.69, 9.17) is 4.74 Å². The third-order valence-corrected chi connectivity index (χ3v) is 4.92. The molecule has 1 N–H and O–H groups in total. The van der Waals surface area contributed by atoms with Crippen LogP contribution in [-0.4, -0.2) is 29.5 Å². The van der Waals surface area contributed by atoms with Crippen LogP contribution in [0.15, 0.2) is 54.2 Å². The van der Waals surface area contributed by atoms with Crippen LogP contribution >= 0.6 is 11.3 Å². The molecule has 0 radical (unpaired) electrons. The summed E-state index contributed by atoms with van der Waals surface area (Å²) in [5, 5.41) is 5.90. The molecule has 134 valence electrons. The number of aromatic nitrogens is 2. The van der Waals surface area contributed by atoms with Gasteiger partial charge < -0.3 is 10.1 Å². The second-order valence-electron chi connectivity index (χ2n) is 5.80. The Morgan fingerprint density at radius 1 is 1.19 bits per heavy atom. The molecule has 3 rings (SSSR count). The minimum absolute atomic E-state index is 0.0378. The van der Waals surface area contributed by atoms with E-state index < -0.39 is 0 Å². The SMILES string of the molecule is COc1ccccc1CCNC(=O)CCc1csc(-c2cccnc2)n1. The second-order valence-corrected chi connectivity index (χ2v) is 6.66. The van der Waals surface area contributed by atoms with Gasteiger partial charge in [-0.2, -0.15) is 0 Å². The molecule has 0 saturated heterocycles. The zero-order valence-electron chi connectivity index (χ0n) is 14.6. The zero-order chi connectivity index (χ0) is 18.2. The number of nitrogens with zero attached hydrogens (tertiary/aromatic N) is 2. The van der Waals surface area contributed by atoms with E-state index in [-0.39, 0.29) is 5.91 Å². The number of amides is 1. The maximum atomic E-state index is 12.1. The van der Waals surface area contributed by atoms with Gasteiger partial charge in [0, 0.05) is 36.3 Å². The third-order valence-electron chi connectivity index (χ3n) is 3.98. The van der Waals surface area contributed by atoms with Crippen LogP contribution in [0.25, 0.3) is 10.6 Å². The maximum absolute atomic E-state index is 12.1. The molecule has 5 nitrogen and oxygen atoms in total. The Morgan fingerprint density at radius 2 is 2.08 bits per heavy atom. The first-order valence-corrected chi connectivity index (χ1v) is 9.37. The Kier molecular flexibility index (Phi) is 6.33. The van der Waals surface area contributed by atoms with Crippen LogP contribution < -0.4 is 10.1 Å². The number of nitrogens with one attached hydrogen (secondary N) is 1. The summed E-state index contributed by atoms with van der Waals surface area (Å²) in [6.45, 7) is 0.594. The largest absolute Gasteiger partial charge is 0.496 e. The number of para-hydroxylation sites is 1. The fourth-order valence-corrected chi connectivity index (χ4v) is 3.46. The van der Waals surface area contributed by atoms with E-state index in [2.05, 4.69) is 15.3 Å². The number of hydrogen-bond donors (Lipinski definition) is 1. The number of rotatable bonds is 8. The predicted octanol–water partition coefficient (Wildman–Crippen LogP) is 3.51. The van der Waals surface area contributed by atoms with Crippen molar-refractivity contribution in [2.24, 2.45) is 0 Å². The van der Waals surface area contributed by atoms with Gasteiger partial charge in [0.2, 0.25) is 5.91 Å². The molecule has 1 aromatic carbocycles. The Balaban J connectivity index is 1.44. The van der Waals surface area contributed by atoms with Gasteiger partial charge in [0.05, 0.1) is 12.8 Å². The lowest BCUT2D eigenvalue weighted by Crippen LogP contribution is -2.26. The van der Waals surface area contributed by atoms with E-state index in [9.17, 15) is 4.79 Å². The van der Waals surface area contributed by atoms with E-state index in [1.165, 1.54) is 0 Å². The average molecular weight is 367 g/mol. The summed E-state index contributed by atoms with van der Waals surface area (Å²) in [6.07, 6.45) is 5.36. The molecule has 0 aliphatic carbocycles. The topological polar surface area (TPSA) is 64.1 Å². The number of carbonyl (C=O) groups is 1. The zero-order valence-corrected chi connectivity index (χ0v) is 15.5. The Morgan fingerprint density at radius 3 is 2.88 bits per heavy atom.